The Morgan fingerprint density at radius 1 is 1.19 bits per heavy atom. The number of benzene rings is 2. The van der Waals surface area contributed by atoms with Crippen LogP contribution in [0.4, 0.5) is 0 Å². The molecule has 2 N–H and O–H groups in total. The SMILES string of the molecule is CSC(C)(C(N)=O)c1cccc(OCc2ccccc2)c1. The largest absolute Gasteiger partial charge is 0.489 e. The summed E-state index contributed by atoms with van der Waals surface area (Å²) in [5.41, 5.74) is 7.48. The van der Waals surface area contributed by atoms with E-state index in [4.69, 9.17) is 10.5 Å². The molecule has 0 fully saturated rings. The third-order valence-corrected chi connectivity index (χ3v) is 4.77. The van der Waals surface area contributed by atoms with Crippen molar-refractivity contribution in [2.45, 2.75) is 18.3 Å². The summed E-state index contributed by atoms with van der Waals surface area (Å²) in [6.45, 7) is 2.33. The Bertz CT molecular complexity index is 615. The van der Waals surface area contributed by atoms with Crippen LogP contribution in [-0.2, 0) is 16.1 Å². The Hall–Kier alpha value is -1.94. The maximum absolute atomic E-state index is 11.7. The van der Waals surface area contributed by atoms with Crippen LogP contribution in [-0.4, -0.2) is 12.2 Å². The first kappa shape index (κ1) is 15.4. The highest BCUT2D eigenvalue weighted by Gasteiger charge is 2.32. The molecule has 0 aromatic heterocycles. The molecule has 0 radical (unpaired) electrons. The molecule has 2 rings (SSSR count). The monoisotopic (exact) mass is 301 g/mol. The molecule has 0 aliphatic heterocycles. The molecule has 1 unspecified atom stereocenters. The Labute approximate surface area is 129 Å². The number of hydrogen-bond donors (Lipinski definition) is 1. The number of amides is 1. The lowest BCUT2D eigenvalue weighted by Crippen LogP contribution is -2.35. The summed E-state index contributed by atoms with van der Waals surface area (Å²) in [7, 11) is 0. The smallest absolute Gasteiger partial charge is 0.237 e. The molecule has 0 heterocycles. The number of nitrogens with two attached hydrogens (primary N) is 1. The molecular weight excluding hydrogens is 282 g/mol. The van der Waals surface area contributed by atoms with Crippen molar-refractivity contribution in [2.75, 3.05) is 6.26 Å². The van der Waals surface area contributed by atoms with Gasteiger partial charge in [-0.05, 0) is 36.4 Å². The number of ether oxygens (including phenoxy) is 1. The lowest BCUT2D eigenvalue weighted by molar-refractivity contribution is -0.120. The first-order chi connectivity index (χ1) is 10.1. The molecule has 1 atom stereocenters. The Kier molecular flexibility index (Phi) is 4.91. The lowest BCUT2D eigenvalue weighted by Gasteiger charge is -2.24. The average molecular weight is 301 g/mol. The van der Waals surface area contributed by atoms with Crippen LogP contribution >= 0.6 is 11.8 Å². The molecule has 0 aliphatic carbocycles. The fraction of sp³-hybridized carbons (Fsp3) is 0.235. The highest BCUT2D eigenvalue weighted by molar-refractivity contribution is 8.00. The summed E-state index contributed by atoms with van der Waals surface area (Å²) in [5, 5.41) is 0. The van der Waals surface area contributed by atoms with Crippen molar-refractivity contribution >= 4 is 17.7 Å². The van der Waals surface area contributed by atoms with Gasteiger partial charge < -0.3 is 10.5 Å². The van der Waals surface area contributed by atoms with Gasteiger partial charge in [0.15, 0.2) is 0 Å². The first-order valence-electron chi connectivity index (χ1n) is 6.68. The minimum Gasteiger partial charge on any atom is -0.489 e. The molecule has 1 amide bonds. The van der Waals surface area contributed by atoms with Gasteiger partial charge >= 0.3 is 0 Å². The molecule has 3 nitrogen and oxygen atoms in total. The van der Waals surface area contributed by atoms with Crippen molar-refractivity contribution in [1.29, 1.82) is 0 Å². The van der Waals surface area contributed by atoms with E-state index in [1.165, 1.54) is 11.8 Å². The average Bonchev–Trinajstić information content (AvgIpc) is 2.53. The minimum absolute atomic E-state index is 0.352. The highest BCUT2D eigenvalue weighted by Crippen LogP contribution is 2.35. The zero-order valence-electron chi connectivity index (χ0n) is 12.2. The van der Waals surface area contributed by atoms with E-state index in [0.29, 0.717) is 6.61 Å². The number of hydrogen-bond acceptors (Lipinski definition) is 3. The Morgan fingerprint density at radius 3 is 2.52 bits per heavy atom. The molecule has 2 aromatic rings. The molecule has 0 bridgehead atoms. The third-order valence-electron chi connectivity index (χ3n) is 3.51. The quantitative estimate of drug-likeness (QED) is 0.890. The summed E-state index contributed by atoms with van der Waals surface area (Å²) in [4.78, 5) is 11.7. The van der Waals surface area contributed by atoms with Crippen LogP contribution in [0.1, 0.15) is 18.1 Å². The van der Waals surface area contributed by atoms with Crippen molar-refractivity contribution in [3.63, 3.8) is 0 Å². The third kappa shape index (κ3) is 3.58. The second-order valence-corrected chi connectivity index (χ2v) is 6.13. The van der Waals surface area contributed by atoms with Gasteiger partial charge in [0.1, 0.15) is 17.1 Å². The predicted molar refractivity (Wildman–Crippen MR) is 87.3 cm³/mol. The van der Waals surface area contributed by atoms with Crippen LogP contribution in [0.15, 0.2) is 54.6 Å². The second kappa shape index (κ2) is 6.68. The molecule has 0 saturated carbocycles. The van der Waals surface area contributed by atoms with E-state index in [1.54, 1.807) is 0 Å². The van der Waals surface area contributed by atoms with E-state index >= 15 is 0 Å². The topological polar surface area (TPSA) is 52.3 Å². The zero-order valence-corrected chi connectivity index (χ0v) is 13.0. The van der Waals surface area contributed by atoms with E-state index in [9.17, 15) is 4.79 Å². The van der Waals surface area contributed by atoms with Crippen LogP contribution in [0.2, 0.25) is 0 Å². The van der Waals surface area contributed by atoms with Gasteiger partial charge in [0.05, 0.1) is 0 Å². The van der Waals surface area contributed by atoms with Crippen LogP contribution in [0, 0.1) is 0 Å². The number of rotatable bonds is 6. The summed E-state index contributed by atoms with van der Waals surface area (Å²) in [6.07, 6.45) is 1.88. The van der Waals surface area contributed by atoms with E-state index in [0.717, 1.165) is 16.9 Å². The van der Waals surface area contributed by atoms with Crippen molar-refractivity contribution in [2.24, 2.45) is 5.73 Å². The maximum atomic E-state index is 11.7. The van der Waals surface area contributed by atoms with E-state index < -0.39 is 4.75 Å². The van der Waals surface area contributed by atoms with Gasteiger partial charge in [-0.1, -0.05) is 42.5 Å². The number of carbonyl (C=O) groups is 1. The van der Waals surface area contributed by atoms with Crippen LogP contribution in [0.3, 0.4) is 0 Å². The van der Waals surface area contributed by atoms with Gasteiger partial charge in [0.25, 0.3) is 0 Å². The highest BCUT2D eigenvalue weighted by atomic mass is 32.2. The van der Waals surface area contributed by atoms with Gasteiger partial charge in [0.2, 0.25) is 5.91 Å². The van der Waals surface area contributed by atoms with Gasteiger partial charge in [-0.25, -0.2) is 0 Å². The summed E-state index contributed by atoms with van der Waals surface area (Å²) < 4.78 is 5.05. The Balaban J connectivity index is 2.16. The zero-order chi connectivity index (χ0) is 15.3. The molecule has 0 saturated heterocycles. The van der Waals surface area contributed by atoms with Gasteiger partial charge in [-0.3, -0.25) is 4.79 Å². The fourth-order valence-corrected chi connectivity index (χ4v) is 2.55. The van der Waals surface area contributed by atoms with Gasteiger partial charge in [-0.15, -0.1) is 11.8 Å². The number of primary amides is 1. The number of thioether (sulfide) groups is 1. The molecule has 110 valence electrons. The maximum Gasteiger partial charge on any atom is 0.237 e. The fourth-order valence-electron chi connectivity index (χ4n) is 1.98. The molecule has 2 aromatic carbocycles. The molecule has 0 spiro atoms. The second-order valence-electron chi connectivity index (χ2n) is 4.90. The van der Waals surface area contributed by atoms with Crippen molar-refractivity contribution in [1.82, 2.24) is 0 Å². The van der Waals surface area contributed by atoms with Crippen molar-refractivity contribution in [3.8, 4) is 5.75 Å². The summed E-state index contributed by atoms with van der Waals surface area (Å²) in [6, 6.07) is 17.5. The van der Waals surface area contributed by atoms with E-state index in [-0.39, 0.29) is 5.91 Å². The summed E-state index contributed by atoms with van der Waals surface area (Å²) >= 11 is 1.43. The predicted octanol–water partition coefficient (Wildman–Crippen LogP) is 3.33. The van der Waals surface area contributed by atoms with Crippen LogP contribution in [0.25, 0.3) is 0 Å². The molecule has 21 heavy (non-hydrogen) atoms. The van der Waals surface area contributed by atoms with Crippen LogP contribution < -0.4 is 10.5 Å². The number of carbonyl (C=O) groups excluding carboxylic acids is 1. The molecule has 4 heteroatoms. The molecule has 0 aliphatic rings. The normalized spacial score (nSPS) is 13.4. The van der Waals surface area contributed by atoms with E-state index in [2.05, 4.69) is 0 Å². The van der Waals surface area contributed by atoms with Gasteiger partial charge in [-0.2, -0.15) is 0 Å². The van der Waals surface area contributed by atoms with Crippen molar-refractivity contribution < 1.29 is 9.53 Å². The van der Waals surface area contributed by atoms with Crippen molar-refractivity contribution in [3.05, 3.63) is 65.7 Å². The summed E-state index contributed by atoms with van der Waals surface area (Å²) in [5.74, 6) is 0.382. The Morgan fingerprint density at radius 2 is 1.90 bits per heavy atom. The molecular formula is C17H19NO2S. The van der Waals surface area contributed by atoms with Gasteiger partial charge in [0, 0.05) is 0 Å². The lowest BCUT2D eigenvalue weighted by atomic mass is 9.99. The van der Waals surface area contributed by atoms with Crippen LogP contribution in [0.5, 0.6) is 5.75 Å². The minimum atomic E-state index is -0.744. The first-order valence-corrected chi connectivity index (χ1v) is 7.91. The standard InChI is InChI=1S/C17H19NO2S/c1-17(21-2,16(18)19)14-9-6-10-15(11-14)20-12-13-7-4-3-5-8-13/h3-11H,12H2,1-2H3,(H2,18,19). The van der Waals surface area contributed by atoms with E-state index in [1.807, 2.05) is 67.8 Å².